The van der Waals surface area contributed by atoms with Crippen LogP contribution in [-0.4, -0.2) is 67.5 Å². The van der Waals surface area contributed by atoms with E-state index in [4.69, 9.17) is 0 Å². The van der Waals surface area contributed by atoms with Crippen LogP contribution in [0.4, 0.5) is 4.79 Å². The monoisotopic (exact) mass is 289 g/mol. The number of hydrogen-bond acceptors (Lipinski definition) is 5. The summed E-state index contributed by atoms with van der Waals surface area (Å²) in [5.74, 6) is 0.0989. The molecule has 8 heteroatoms. The first kappa shape index (κ1) is 14.3. The average molecular weight is 289 g/mol. The Morgan fingerprint density at radius 2 is 2.16 bits per heavy atom. The Kier molecular flexibility index (Phi) is 4.10. The van der Waals surface area contributed by atoms with E-state index in [2.05, 4.69) is 5.32 Å². The van der Waals surface area contributed by atoms with Crippen LogP contribution in [0.2, 0.25) is 0 Å². The molecule has 0 unspecified atom stereocenters. The summed E-state index contributed by atoms with van der Waals surface area (Å²) in [6.07, 6.45) is 0.867. The molecule has 2 saturated heterocycles. The third kappa shape index (κ3) is 3.24. The van der Waals surface area contributed by atoms with Gasteiger partial charge in [-0.1, -0.05) is 6.92 Å². The number of carbonyl (C=O) groups excluding carboxylic acids is 2. The lowest BCUT2D eigenvalue weighted by atomic mass is 10.2. The molecule has 19 heavy (non-hydrogen) atoms. The van der Waals surface area contributed by atoms with Crippen molar-refractivity contribution >= 4 is 21.8 Å². The lowest BCUT2D eigenvalue weighted by Crippen LogP contribution is -2.55. The van der Waals surface area contributed by atoms with Crippen LogP contribution in [0.15, 0.2) is 0 Å². The minimum absolute atomic E-state index is 0.0995. The molecule has 0 spiro atoms. The topological polar surface area (TPSA) is 86.8 Å². The van der Waals surface area contributed by atoms with E-state index in [0.717, 1.165) is 4.90 Å². The fraction of sp³-hybridized carbons (Fsp3) is 0.818. The number of hydrogen-bond donors (Lipinski definition) is 1. The molecule has 0 aromatic rings. The Morgan fingerprint density at radius 3 is 2.68 bits per heavy atom. The number of sulfone groups is 1. The highest BCUT2D eigenvalue weighted by molar-refractivity contribution is 7.91. The highest BCUT2D eigenvalue weighted by Crippen LogP contribution is 2.18. The van der Waals surface area contributed by atoms with Crippen molar-refractivity contribution in [2.75, 3.05) is 31.3 Å². The molecule has 0 aromatic heterocycles. The Hall–Kier alpha value is -1.15. The molecule has 0 radical (unpaired) electrons. The molecular weight excluding hydrogens is 270 g/mol. The first-order valence-corrected chi connectivity index (χ1v) is 8.28. The fourth-order valence-corrected chi connectivity index (χ4v) is 4.24. The first-order chi connectivity index (χ1) is 8.93. The van der Waals surface area contributed by atoms with Crippen LogP contribution >= 0.6 is 0 Å². The van der Waals surface area contributed by atoms with E-state index in [1.807, 2.05) is 11.8 Å². The standard InChI is InChI=1S/C11H19N3O4S/c1-2-13(9-4-6-19(17,18)7-9)8-14-10(15)3-5-12-11(14)16/h9H,2-8H2,1H3,(H,12,16)/t9-/m0/s1. The highest BCUT2D eigenvalue weighted by atomic mass is 32.2. The molecule has 0 aliphatic carbocycles. The number of imide groups is 1. The molecule has 2 fully saturated rings. The number of nitrogens with one attached hydrogen (secondary N) is 1. The van der Waals surface area contributed by atoms with Gasteiger partial charge in [-0.3, -0.25) is 14.6 Å². The SMILES string of the molecule is CCN(CN1C(=O)CCNC1=O)[C@H]1CCS(=O)(=O)C1. The van der Waals surface area contributed by atoms with E-state index in [1.54, 1.807) is 0 Å². The lowest BCUT2D eigenvalue weighted by Gasteiger charge is -2.33. The minimum Gasteiger partial charge on any atom is -0.337 e. The van der Waals surface area contributed by atoms with Crippen LogP contribution < -0.4 is 5.32 Å². The largest absolute Gasteiger partial charge is 0.337 e. The molecule has 2 heterocycles. The zero-order valence-electron chi connectivity index (χ0n) is 11.0. The third-order valence-electron chi connectivity index (χ3n) is 3.62. The fourth-order valence-electron chi connectivity index (χ4n) is 2.48. The van der Waals surface area contributed by atoms with Crippen LogP contribution in [0, 0.1) is 0 Å². The average Bonchev–Trinajstić information content (AvgIpc) is 2.69. The van der Waals surface area contributed by atoms with Gasteiger partial charge in [0, 0.05) is 19.0 Å². The Labute approximate surface area is 112 Å². The van der Waals surface area contributed by atoms with Crippen molar-refractivity contribution in [2.45, 2.75) is 25.8 Å². The van der Waals surface area contributed by atoms with Gasteiger partial charge in [-0.05, 0) is 13.0 Å². The zero-order chi connectivity index (χ0) is 14.0. The summed E-state index contributed by atoms with van der Waals surface area (Å²) in [7, 11) is -2.96. The van der Waals surface area contributed by atoms with Gasteiger partial charge in [0.25, 0.3) is 0 Å². The summed E-state index contributed by atoms with van der Waals surface area (Å²) in [4.78, 5) is 26.4. The van der Waals surface area contributed by atoms with Gasteiger partial charge in [-0.15, -0.1) is 0 Å². The van der Waals surface area contributed by atoms with E-state index in [-0.39, 0.29) is 30.1 Å². The highest BCUT2D eigenvalue weighted by Gasteiger charge is 2.34. The number of carbonyl (C=O) groups is 2. The van der Waals surface area contributed by atoms with E-state index in [1.165, 1.54) is 0 Å². The summed E-state index contributed by atoms with van der Waals surface area (Å²) >= 11 is 0. The van der Waals surface area contributed by atoms with Crippen LogP contribution in [0.1, 0.15) is 19.8 Å². The van der Waals surface area contributed by atoms with Crippen LogP contribution in [-0.2, 0) is 14.6 Å². The maximum atomic E-state index is 11.7. The second-order valence-electron chi connectivity index (χ2n) is 4.91. The second kappa shape index (κ2) is 5.46. The van der Waals surface area contributed by atoms with Gasteiger partial charge in [0.05, 0.1) is 18.2 Å². The zero-order valence-corrected chi connectivity index (χ0v) is 11.8. The Balaban J connectivity index is 2.03. The van der Waals surface area contributed by atoms with Crippen molar-refractivity contribution in [3.05, 3.63) is 0 Å². The van der Waals surface area contributed by atoms with Crippen LogP contribution in [0.3, 0.4) is 0 Å². The van der Waals surface area contributed by atoms with Crippen molar-refractivity contribution in [3.63, 3.8) is 0 Å². The molecule has 3 amide bonds. The quantitative estimate of drug-likeness (QED) is 0.746. The molecule has 7 nitrogen and oxygen atoms in total. The maximum Gasteiger partial charge on any atom is 0.325 e. The van der Waals surface area contributed by atoms with Gasteiger partial charge in [-0.2, -0.15) is 0 Å². The lowest BCUT2D eigenvalue weighted by molar-refractivity contribution is -0.131. The number of amides is 3. The van der Waals surface area contributed by atoms with Crippen molar-refractivity contribution < 1.29 is 18.0 Å². The molecule has 0 bridgehead atoms. The summed E-state index contributed by atoms with van der Waals surface area (Å²) in [5.41, 5.74) is 0. The molecule has 1 atom stereocenters. The van der Waals surface area contributed by atoms with Crippen molar-refractivity contribution in [3.8, 4) is 0 Å². The van der Waals surface area contributed by atoms with E-state index in [0.29, 0.717) is 25.9 Å². The van der Waals surface area contributed by atoms with Gasteiger partial charge in [-0.25, -0.2) is 13.2 Å². The molecule has 0 saturated carbocycles. The van der Waals surface area contributed by atoms with E-state index < -0.39 is 15.9 Å². The minimum atomic E-state index is -2.96. The van der Waals surface area contributed by atoms with Crippen LogP contribution in [0.25, 0.3) is 0 Å². The Bertz CT molecular complexity index is 460. The summed E-state index contributed by atoms with van der Waals surface area (Å²) in [6, 6.07) is -0.493. The van der Waals surface area contributed by atoms with Gasteiger partial charge in [0.2, 0.25) is 5.91 Å². The number of urea groups is 1. The van der Waals surface area contributed by atoms with Gasteiger partial charge in [0.1, 0.15) is 0 Å². The summed E-state index contributed by atoms with van der Waals surface area (Å²) in [6.45, 7) is 3.05. The van der Waals surface area contributed by atoms with Gasteiger partial charge < -0.3 is 5.32 Å². The third-order valence-corrected chi connectivity index (χ3v) is 5.37. The normalized spacial score (nSPS) is 26.8. The molecule has 0 aromatic carbocycles. The maximum absolute atomic E-state index is 11.7. The van der Waals surface area contributed by atoms with Crippen molar-refractivity contribution in [2.24, 2.45) is 0 Å². The smallest absolute Gasteiger partial charge is 0.325 e. The predicted molar refractivity (Wildman–Crippen MR) is 69.2 cm³/mol. The second-order valence-corrected chi connectivity index (χ2v) is 7.14. The first-order valence-electron chi connectivity index (χ1n) is 6.45. The summed E-state index contributed by atoms with van der Waals surface area (Å²) < 4.78 is 23.0. The molecule has 2 aliphatic heterocycles. The van der Waals surface area contributed by atoms with Gasteiger partial charge in [0.15, 0.2) is 9.84 Å². The molecule has 108 valence electrons. The van der Waals surface area contributed by atoms with Gasteiger partial charge >= 0.3 is 6.03 Å². The number of rotatable bonds is 4. The molecule has 2 aliphatic rings. The molecule has 1 N–H and O–H groups in total. The van der Waals surface area contributed by atoms with Crippen molar-refractivity contribution in [1.29, 1.82) is 0 Å². The van der Waals surface area contributed by atoms with Crippen molar-refractivity contribution in [1.82, 2.24) is 15.1 Å². The summed E-state index contributed by atoms with van der Waals surface area (Å²) in [5, 5.41) is 2.62. The van der Waals surface area contributed by atoms with Crippen LogP contribution in [0.5, 0.6) is 0 Å². The Morgan fingerprint density at radius 1 is 1.42 bits per heavy atom. The molecule has 2 rings (SSSR count). The van der Waals surface area contributed by atoms with E-state index >= 15 is 0 Å². The van der Waals surface area contributed by atoms with E-state index in [9.17, 15) is 18.0 Å². The predicted octanol–water partition coefficient (Wildman–Crippen LogP) is -0.605. The number of nitrogens with zero attached hydrogens (tertiary/aromatic N) is 2. The molecular formula is C11H19N3O4S.